The van der Waals surface area contributed by atoms with Gasteiger partial charge in [0.2, 0.25) is 0 Å². The van der Waals surface area contributed by atoms with Crippen molar-refractivity contribution in [2.24, 2.45) is 0 Å². The first-order chi connectivity index (χ1) is 19.0. The van der Waals surface area contributed by atoms with E-state index in [9.17, 15) is 38.0 Å². The van der Waals surface area contributed by atoms with Crippen LogP contribution in [0.15, 0.2) is 91.0 Å². The Labute approximate surface area is 226 Å². The smallest absolute Gasteiger partial charge is 0.165 e. The lowest BCUT2D eigenvalue weighted by Gasteiger charge is -2.38. The molecule has 0 spiro atoms. The number of halogens is 4. The van der Waals surface area contributed by atoms with Crippen LogP contribution in [0.4, 0.5) is 17.6 Å². The fraction of sp³-hybridized carbons (Fsp3) is 0.0625. The Bertz CT molecular complexity index is 1640. The molecule has 4 nitrogen and oxygen atoms in total. The van der Waals surface area contributed by atoms with Crippen LogP contribution in [-0.4, -0.2) is 20.4 Å². The molecule has 4 N–H and O–H groups in total. The summed E-state index contributed by atoms with van der Waals surface area (Å²) in [6.45, 7) is 1.78. The van der Waals surface area contributed by atoms with Crippen molar-refractivity contribution >= 4 is 0 Å². The maximum atomic E-state index is 15.0. The summed E-state index contributed by atoms with van der Waals surface area (Å²) < 4.78 is 59.5. The highest BCUT2D eigenvalue weighted by molar-refractivity contribution is 5.76. The molecule has 8 heteroatoms. The van der Waals surface area contributed by atoms with E-state index in [1.807, 2.05) is 0 Å². The summed E-state index contributed by atoms with van der Waals surface area (Å²) in [5.41, 5.74) is 0.391. The summed E-state index contributed by atoms with van der Waals surface area (Å²) in [6.07, 6.45) is 0. The van der Waals surface area contributed by atoms with Gasteiger partial charge in [-0.05, 0) is 88.8 Å². The Morgan fingerprint density at radius 3 is 1.27 bits per heavy atom. The summed E-state index contributed by atoms with van der Waals surface area (Å²) in [6, 6.07) is 19.3. The molecule has 40 heavy (non-hydrogen) atoms. The molecule has 0 aromatic heterocycles. The van der Waals surface area contributed by atoms with Crippen molar-refractivity contribution in [2.45, 2.75) is 12.3 Å². The van der Waals surface area contributed by atoms with Crippen molar-refractivity contribution in [3.63, 3.8) is 0 Å². The second-order valence-electron chi connectivity index (χ2n) is 9.46. The van der Waals surface area contributed by atoms with Crippen LogP contribution in [0.25, 0.3) is 11.1 Å². The van der Waals surface area contributed by atoms with E-state index in [1.165, 1.54) is 30.3 Å². The number of phenolic OH excluding ortho intramolecular Hbond substituents is 4. The molecule has 0 unspecified atom stereocenters. The fourth-order valence-corrected chi connectivity index (χ4v) is 5.09. The van der Waals surface area contributed by atoms with Crippen LogP contribution in [0, 0.1) is 30.2 Å². The number of aryl methyl sites for hydroxylation is 1. The molecule has 0 saturated carbocycles. The van der Waals surface area contributed by atoms with Gasteiger partial charge in [-0.1, -0.05) is 48.0 Å². The van der Waals surface area contributed by atoms with Crippen LogP contribution in [0.2, 0.25) is 0 Å². The number of hydrogen-bond donors (Lipinski definition) is 4. The van der Waals surface area contributed by atoms with Crippen LogP contribution < -0.4 is 0 Å². The quantitative estimate of drug-likeness (QED) is 0.137. The van der Waals surface area contributed by atoms with Crippen molar-refractivity contribution in [3.05, 3.63) is 142 Å². The maximum absolute atomic E-state index is 15.0. The van der Waals surface area contributed by atoms with Gasteiger partial charge in [-0.3, -0.25) is 0 Å². The van der Waals surface area contributed by atoms with Crippen molar-refractivity contribution in [3.8, 4) is 34.1 Å². The summed E-state index contributed by atoms with van der Waals surface area (Å²) in [5.74, 6) is -6.48. The van der Waals surface area contributed by atoms with E-state index in [2.05, 4.69) is 0 Å². The average molecular weight is 547 g/mol. The predicted octanol–water partition coefficient (Wildman–Crippen LogP) is 7.42. The monoisotopic (exact) mass is 546 g/mol. The van der Waals surface area contributed by atoms with E-state index in [1.54, 1.807) is 25.1 Å². The molecule has 5 aromatic carbocycles. The van der Waals surface area contributed by atoms with Crippen LogP contribution >= 0.6 is 0 Å². The van der Waals surface area contributed by atoms with Crippen LogP contribution in [-0.2, 0) is 5.41 Å². The highest BCUT2D eigenvalue weighted by atomic mass is 19.1. The zero-order chi connectivity index (χ0) is 28.8. The molecule has 0 radical (unpaired) electrons. The fourth-order valence-electron chi connectivity index (χ4n) is 5.09. The molecule has 0 atom stereocenters. The van der Waals surface area contributed by atoms with Crippen molar-refractivity contribution in [1.82, 2.24) is 0 Å². The number of phenols is 4. The number of aromatic hydroxyl groups is 4. The van der Waals surface area contributed by atoms with Crippen LogP contribution in [0.3, 0.4) is 0 Å². The SMILES string of the molecule is Cc1ccc(C(c2ccc(O)c(F)c2)(c2ccc(O)c(F)c2)c2ccc(O)c(F)c2)c(-c2ccc(O)c(F)c2)c1. The van der Waals surface area contributed by atoms with Crippen molar-refractivity contribution in [2.75, 3.05) is 0 Å². The zero-order valence-corrected chi connectivity index (χ0v) is 21.0. The van der Waals surface area contributed by atoms with Gasteiger partial charge in [-0.2, -0.15) is 0 Å². The van der Waals surface area contributed by atoms with Gasteiger partial charge in [0, 0.05) is 0 Å². The van der Waals surface area contributed by atoms with Gasteiger partial charge < -0.3 is 20.4 Å². The molecule has 0 aliphatic rings. The Hall–Kier alpha value is -4.98. The average Bonchev–Trinajstić information content (AvgIpc) is 2.92. The molecule has 0 amide bonds. The van der Waals surface area contributed by atoms with Crippen molar-refractivity contribution in [1.29, 1.82) is 0 Å². The Morgan fingerprint density at radius 2 is 0.875 bits per heavy atom. The largest absolute Gasteiger partial charge is 0.505 e. The van der Waals surface area contributed by atoms with Crippen LogP contribution in [0.5, 0.6) is 23.0 Å². The zero-order valence-electron chi connectivity index (χ0n) is 21.0. The molecule has 0 saturated heterocycles. The molecular formula is C32H22F4O4. The first kappa shape index (κ1) is 26.6. The predicted molar refractivity (Wildman–Crippen MR) is 141 cm³/mol. The number of benzene rings is 5. The Morgan fingerprint density at radius 1 is 0.475 bits per heavy atom. The molecule has 0 heterocycles. The van der Waals surface area contributed by atoms with Gasteiger partial charge in [0.05, 0.1) is 5.41 Å². The third-order valence-electron chi connectivity index (χ3n) is 6.98. The molecule has 202 valence electrons. The molecular weight excluding hydrogens is 524 g/mol. The highest BCUT2D eigenvalue weighted by Gasteiger charge is 2.42. The standard InChI is InChI=1S/C32H22F4O4/c1-17-2-7-23(22(12-17)18-3-8-28(37)24(33)13-18)32(19-4-9-29(38)25(34)14-19,20-5-10-30(39)26(35)15-20)21-6-11-31(40)27(36)16-21/h2-16,37-40H,1H3. The van der Waals surface area contributed by atoms with E-state index in [0.29, 0.717) is 16.7 Å². The molecule has 5 rings (SSSR count). The minimum atomic E-state index is -1.74. The Kier molecular flexibility index (Phi) is 6.63. The van der Waals surface area contributed by atoms with Gasteiger partial charge in [0.25, 0.3) is 0 Å². The molecule has 0 bridgehead atoms. The summed E-state index contributed by atoms with van der Waals surface area (Å²) in [5, 5.41) is 39.8. The minimum absolute atomic E-state index is 0.127. The van der Waals surface area contributed by atoms with Gasteiger partial charge in [-0.15, -0.1) is 0 Å². The number of hydrogen-bond acceptors (Lipinski definition) is 4. The van der Waals surface area contributed by atoms with E-state index >= 15 is 0 Å². The van der Waals surface area contributed by atoms with Crippen LogP contribution in [0.1, 0.15) is 27.8 Å². The Balaban J connectivity index is 2.02. The first-order valence-electron chi connectivity index (χ1n) is 12.1. The second-order valence-corrected chi connectivity index (χ2v) is 9.46. The minimum Gasteiger partial charge on any atom is -0.505 e. The summed E-state index contributed by atoms with van der Waals surface area (Å²) in [7, 11) is 0. The lowest BCUT2D eigenvalue weighted by molar-refractivity contribution is 0.428. The van der Waals surface area contributed by atoms with E-state index in [0.717, 1.165) is 48.0 Å². The lowest BCUT2D eigenvalue weighted by atomic mass is 9.63. The van der Waals surface area contributed by atoms with Gasteiger partial charge >= 0.3 is 0 Å². The number of rotatable bonds is 5. The van der Waals surface area contributed by atoms with Gasteiger partial charge in [0.1, 0.15) is 0 Å². The summed E-state index contributed by atoms with van der Waals surface area (Å²) in [4.78, 5) is 0. The normalized spacial score (nSPS) is 11.5. The van der Waals surface area contributed by atoms with Gasteiger partial charge in [-0.25, -0.2) is 17.6 Å². The van der Waals surface area contributed by atoms with Crippen molar-refractivity contribution < 1.29 is 38.0 Å². The topological polar surface area (TPSA) is 80.9 Å². The third-order valence-corrected chi connectivity index (χ3v) is 6.98. The second kappa shape index (κ2) is 9.96. The third kappa shape index (κ3) is 4.37. The van der Waals surface area contributed by atoms with Gasteiger partial charge in [0.15, 0.2) is 46.3 Å². The molecule has 5 aromatic rings. The van der Waals surface area contributed by atoms with E-state index in [-0.39, 0.29) is 16.7 Å². The van der Waals surface area contributed by atoms with E-state index in [4.69, 9.17) is 0 Å². The maximum Gasteiger partial charge on any atom is 0.165 e. The molecule has 0 fully saturated rings. The molecule has 0 aliphatic heterocycles. The first-order valence-corrected chi connectivity index (χ1v) is 12.1. The molecule has 0 aliphatic carbocycles. The summed E-state index contributed by atoms with van der Waals surface area (Å²) >= 11 is 0. The lowest BCUT2D eigenvalue weighted by Crippen LogP contribution is -2.32. The highest BCUT2D eigenvalue weighted by Crippen LogP contribution is 2.50. The van der Waals surface area contributed by atoms with E-state index < -0.39 is 51.7 Å².